The van der Waals surface area contributed by atoms with E-state index >= 15 is 0 Å². The molecule has 2 aromatic heterocycles. The van der Waals surface area contributed by atoms with E-state index in [2.05, 4.69) is 5.10 Å². The second-order valence-corrected chi connectivity index (χ2v) is 5.74. The zero-order valence-corrected chi connectivity index (χ0v) is 14.5. The number of carbonyl (C=O) groups is 1. The molecule has 0 aliphatic carbocycles. The molecule has 0 aliphatic rings. The number of aromatic nitrogens is 3. The highest BCUT2D eigenvalue weighted by Crippen LogP contribution is 2.20. The highest BCUT2D eigenvalue weighted by Gasteiger charge is 2.12. The van der Waals surface area contributed by atoms with Crippen LogP contribution in [0.4, 0.5) is 5.69 Å². The summed E-state index contributed by atoms with van der Waals surface area (Å²) in [6, 6.07) is 10.0. The van der Waals surface area contributed by atoms with Crippen LogP contribution in [0.5, 0.6) is 0 Å². The van der Waals surface area contributed by atoms with Gasteiger partial charge in [-0.1, -0.05) is 6.07 Å². The number of nitro benzene ring substituents is 1. The maximum absolute atomic E-state index is 12.4. The van der Waals surface area contributed by atoms with Gasteiger partial charge in [-0.05, 0) is 44.2 Å². The summed E-state index contributed by atoms with van der Waals surface area (Å²) in [5.41, 5.74) is 2.82. The number of carbonyl (C=O) groups excluding carboxylic acids is 1. The Bertz CT molecular complexity index is 998. The van der Waals surface area contributed by atoms with Crippen LogP contribution in [0.15, 0.2) is 54.9 Å². The van der Waals surface area contributed by atoms with E-state index in [1.165, 1.54) is 18.2 Å². The summed E-state index contributed by atoms with van der Waals surface area (Å²) < 4.78 is 3.56. The van der Waals surface area contributed by atoms with Crippen molar-refractivity contribution < 1.29 is 9.72 Å². The molecule has 0 unspecified atom stereocenters. The number of allylic oxidation sites excluding steroid dienone is 1. The maximum atomic E-state index is 12.4. The molecule has 3 rings (SSSR count). The quantitative estimate of drug-likeness (QED) is 0.293. The molecule has 7 nitrogen and oxygen atoms in total. The number of rotatable bonds is 6. The van der Waals surface area contributed by atoms with Crippen LogP contribution in [-0.2, 0) is 6.54 Å². The fraction of sp³-hybridized carbons (Fsp3) is 0.158. The van der Waals surface area contributed by atoms with E-state index in [4.69, 9.17) is 0 Å². The average Bonchev–Trinajstić information content (AvgIpc) is 3.26. The van der Waals surface area contributed by atoms with Gasteiger partial charge in [-0.15, -0.1) is 0 Å². The van der Waals surface area contributed by atoms with E-state index in [0.29, 0.717) is 17.8 Å². The number of aryl methyl sites for hydroxylation is 1. The van der Waals surface area contributed by atoms with Crippen molar-refractivity contribution in [2.24, 2.45) is 0 Å². The third-order valence-electron chi connectivity index (χ3n) is 4.17. The Morgan fingerprint density at radius 3 is 2.81 bits per heavy atom. The molecular weight excluding hydrogens is 332 g/mol. The van der Waals surface area contributed by atoms with Gasteiger partial charge in [0.15, 0.2) is 5.78 Å². The lowest BCUT2D eigenvalue weighted by molar-refractivity contribution is -0.384. The first kappa shape index (κ1) is 17.3. The normalized spacial score (nSPS) is 11.2. The monoisotopic (exact) mass is 350 g/mol. The lowest BCUT2D eigenvalue weighted by atomic mass is 10.1. The second-order valence-electron chi connectivity index (χ2n) is 5.74. The summed E-state index contributed by atoms with van der Waals surface area (Å²) in [5.74, 6) is -0.131. The predicted octanol–water partition coefficient (Wildman–Crippen LogP) is 3.81. The van der Waals surface area contributed by atoms with Crippen LogP contribution < -0.4 is 0 Å². The van der Waals surface area contributed by atoms with Crippen LogP contribution in [-0.4, -0.2) is 25.1 Å². The largest absolute Gasteiger partial charge is 0.317 e. The number of hydrogen-bond donors (Lipinski definition) is 0. The molecule has 1 aromatic carbocycles. The predicted molar refractivity (Wildman–Crippen MR) is 98.4 cm³/mol. The molecule has 2 heterocycles. The van der Waals surface area contributed by atoms with Crippen LogP contribution in [0, 0.1) is 17.0 Å². The summed E-state index contributed by atoms with van der Waals surface area (Å²) in [6.07, 6.45) is 6.56. The van der Waals surface area contributed by atoms with E-state index in [1.54, 1.807) is 39.9 Å². The Morgan fingerprint density at radius 2 is 2.12 bits per heavy atom. The minimum Gasteiger partial charge on any atom is -0.317 e. The van der Waals surface area contributed by atoms with Gasteiger partial charge in [0.2, 0.25) is 0 Å². The van der Waals surface area contributed by atoms with Gasteiger partial charge in [0.1, 0.15) is 0 Å². The minimum absolute atomic E-state index is 0.0183. The average molecular weight is 350 g/mol. The Balaban J connectivity index is 1.88. The summed E-state index contributed by atoms with van der Waals surface area (Å²) in [4.78, 5) is 23.0. The Morgan fingerprint density at radius 1 is 1.31 bits per heavy atom. The Kier molecular flexibility index (Phi) is 4.79. The molecule has 0 radical (unpaired) electrons. The van der Waals surface area contributed by atoms with Crippen LogP contribution in [0.2, 0.25) is 0 Å². The van der Waals surface area contributed by atoms with Crippen LogP contribution in [0.3, 0.4) is 0 Å². The lowest BCUT2D eigenvalue weighted by Gasteiger charge is -2.06. The van der Waals surface area contributed by atoms with Gasteiger partial charge in [0.25, 0.3) is 5.69 Å². The molecule has 26 heavy (non-hydrogen) atoms. The molecule has 0 saturated heterocycles. The SMILES string of the molecule is CCn1ncc(C(=O)/C=C/c2cccn2-c2cccc([N+](=O)[O-])c2)c1C. The van der Waals surface area contributed by atoms with E-state index in [-0.39, 0.29) is 11.5 Å². The molecule has 0 spiro atoms. The number of benzene rings is 1. The van der Waals surface area contributed by atoms with Crippen molar-refractivity contribution >= 4 is 17.5 Å². The third kappa shape index (κ3) is 3.32. The topological polar surface area (TPSA) is 83.0 Å². The molecular formula is C19H18N4O3. The fourth-order valence-electron chi connectivity index (χ4n) is 2.78. The molecule has 0 atom stereocenters. The first-order chi connectivity index (χ1) is 12.5. The van der Waals surface area contributed by atoms with E-state index in [1.807, 2.05) is 26.0 Å². The van der Waals surface area contributed by atoms with Gasteiger partial charge in [-0.25, -0.2) is 0 Å². The summed E-state index contributed by atoms with van der Waals surface area (Å²) in [7, 11) is 0. The lowest BCUT2D eigenvalue weighted by Crippen LogP contribution is -2.02. The number of hydrogen-bond acceptors (Lipinski definition) is 4. The standard InChI is InChI=1S/C19H18N4O3/c1-3-22-14(2)18(13-20-22)19(24)10-9-15-8-5-11-21(15)16-6-4-7-17(12-16)23(25)26/h4-13H,3H2,1-2H3/b10-9+. The van der Waals surface area contributed by atoms with Crippen molar-refractivity contribution in [2.75, 3.05) is 0 Å². The van der Waals surface area contributed by atoms with Crippen molar-refractivity contribution in [2.45, 2.75) is 20.4 Å². The second kappa shape index (κ2) is 7.18. The fourth-order valence-corrected chi connectivity index (χ4v) is 2.78. The minimum atomic E-state index is -0.430. The molecule has 0 amide bonds. The van der Waals surface area contributed by atoms with Crippen molar-refractivity contribution in [3.63, 3.8) is 0 Å². The molecule has 3 aromatic rings. The van der Waals surface area contributed by atoms with E-state index in [9.17, 15) is 14.9 Å². The molecule has 132 valence electrons. The summed E-state index contributed by atoms with van der Waals surface area (Å²) >= 11 is 0. The highest BCUT2D eigenvalue weighted by molar-refractivity contribution is 6.07. The first-order valence-corrected chi connectivity index (χ1v) is 8.18. The van der Waals surface area contributed by atoms with E-state index < -0.39 is 4.92 Å². The summed E-state index contributed by atoms with van der Waals surface area (Å²) in [6.45, 7) is 4.54. The molecule has 0 N–H and O–H groups in total. The Hall–Kier alpha value is -3.48. The number of ketones is 1. The first-order valence-electron chi connectivity index (χ1n) is 8.18. The zero-order chi connectivity index (χ0) is 18.7. The molecule has 0 saturated carbocycles. The van der Waals surface area contributed by atoms with Crippen molar-refractivity contribution in [3.05, 3.63) is 81.9 Å². The van der Waals surface area contributed by atoms with Crippen LogP contribution in [0.1, 0.15) is 28.7 Å². The zero-order valence-electron chi connectivity index (χ0n) is 14.5. The van der Waals surface area contributed by atoms with Crippen molar-refractivity contribution in [3.8, 4) is 5.69 Å². The van der Waals surface area contributed by atoms with Gasteiger partial charge in [0, 0.05) is 36.3 Å². The molecule has 0 aliphatic heterocycles. The van der Waals surface area contributed by atoms with E-state index in [0.717, 1.165) is 11.4 Å². The van der Waals surface area contributed by atoms with Crippen molar-refractivity contribution in [1.82, 2.24) is 14.3 Å². The van der Waals surface area contributed by atoms with Crippen LogP contribution in [0.25, 0.3) is 11.8 Å². The van der Waals surface area contributed by atoms with Gasteiger partial charge < -0.3 is 4.57 Å². The Labute approximate surface area is 150 Å². The third-order valence-corrected chi connectivity index (χ3v) is 4.17. The smallest absolute Gasteiger partial charge is 0.271 e. The molecule has 0 fully saturated rings. The highest BCUT2D eigenvalue weighted by atomic mass is 16.6. The molecule has 7 heteroatoms. The number of nitrogens with zero attached hydrogens (tertiary/aromatic N) is 4. The number of non-ortho nitro benzene ring substituents is 1. The summed E-state index contributed by atoms with van der Waals surface area (Å²) in [5, 5.41) is 15.2. The van der Waals surface area contributed by atoms with Crippen LogP contribution >= 0.6 is 0 Å². The molecule has 0 bridgehead atoms. The van der Waals surface area contributed by atoms with Gasteiger partial charge in [0.05, 0.1) is 22.4 Å². The van der Waals surface area contributed by atoms with Gasteiger partial charge >= 0.3 is 0 Å². The van der Waals surface area contributed by atoms with Gasteiger partial charge in [-0.3, -0.25) is 19.6 Å². The van der Waals surface area contributed by atoms with Crippen molar-refractivity contribution in [1.29, 1.82) is 0 Å². The number of nitro groups is 1. The maximum Gasteiger partial charge on any atom is 0.271 e. The van der Waals surface area contributed by atoms with Gasteiger partial charge in [-0.2, -0.15) is 5.10 Å².